The van der Waals surface area contributed by atoms with Crippen molar-refractivity contribution >= 4 is 49.6 Å². The van der Waals surface area contributed by atoms with Crippen LogP contribution in [0.4, 0.5) is 17.1 Å². The molecule has 55 heavy (non-hydrogen) atoms. The van der Waals surface area contributed by atoms with Crippen LogP contribution >= 0.6 is 0 Å². The zero-order valence-electron chi connectivity index (χ0n) is 30.5. The molecule has 0 fully saturated rings. The first-order valence-electron chi connectivity index (χ1n) is 18.8. The Morgan fingerprint density at radius 2 is 0.945 bits per heavy atom. The van der Waals surface area contributed by atoms with Gasteiger partial charge in [-0.3, -0.25) is 0 Å². The normalized spacial score (nSPS) is 11.4. The van der Waals surface area contributed by atoms with Crippen LogP contribution in [0.15, 0.2) is 211 Å². The molecule has 2 heteroatoms. The third kappa shape index (κ3) is 5.85. The molecule has 0 aliphatic heterocycles. The van der Waals surface area contributed by atoms with E-state index >= 15 is 0 Å². The molecule has 0 aliphatic rings. The first kappa shape index (κ1) is 32.5. The SMILES string of the molecule is Cc1c(-c2cccc(N(c3ccc(-c4cc5ccccc5c5ccccc45)cc3)c3ccccc3-c3ccc(-c4ccccc4)cc3)c2)oc2ccccc12. The van der Waals surface area contributed by atoms with E-state index in [1.165, 1.54) is 43.8 Å². The Hall–Kier alpha value is -7.16. The van der Waals surface area contributed by atoms with Crippen molar-refractivity contribution in [2.45, 2.75) is 6.92 Å². The van der Waals surface area contributed by atoms with E-state index in [1.807, 2.05) is 12.1 Å². The van der Waals surface area contributed by atoms with Crippen molar-refractivity contribution in [3.05, 3.63) is 212 Å². The van der Waals surface area contributed by atoms with Crippen LogP contribution < -0.4 is 4.90 Å². The maximum atomic E-state index is 6.48. The van der Waals surface area contributed by atoms with Crippen molar-refractivity contribution in [1.29, 1.82) is 0 Å². The number of hydrogen-bond donors (Lipinski definition) is 0. The van der Waals surface area contributed by atoms with Crippen LogP contribution in [-0.4, -0.2) is 0 Å². The van der Waals surface area contributed by atoms with Crippen LogP contribution in [0.2, 0.25) is 0 Å². The van der Waals surface area contributed by atoms with E-state index in [2.05, 4.69) is 206 Å². The molecule has 0 N–H and O–H groups in total. The monoisotopic (exact) mass is 703 g/mol. The number of aryl methyl sites for hydroxylation is 1. The first-order valence-corrected chi connectivity index (χ1v) is 18.8. The third-order valence-corrected chi connectivity index (χ3v) is 10.9. The predicted molar refractivity (Wildman–Crippen MR) is 232 cm³/mol. The second kappa shape index (κ2) is 13.7. The zero-order valence-corrected chi connectivity index (χ0v) is 30.5. The lowest BCUT2D eigenvalue weighted by Crippen LogP contribution is -2.11. The van der Waals surface area contributed by atoms with Gasteiger partial charge in [-0.1, -0.05) is 164 Å². The second-order valence-corrected chi connectivity index (χ2v) is 14.1. The maximum absolute atomic E-state index is 6.48. The summed E-state index contributed by atoms with van der Waals surface area (Å²) in [5.41, 5.74) is 13.4. The Kier molecular flexibility index (Phi) is 8.08. The van der Waals surface area contributed by atoms with E-state index in [0.717, 1.165) is 56.0 Å². The summed E-state index contributed by atoms with van der Waals surface area (Å²) in [6, 6.07) is 74.0. The van der Waals surface area contributed by atoms with Crippen LogP contribution in [-0.2, 0) is 0 Å². The van der Waals surface area contributed by atoms with Gasteiger partial charge in [0.15, 0.2) is 0 Å². The van der Waals surface area contributed by atoms with Crippen LogP contribution in [0.1, 0.15) is 5.56 Å². The molecule has 0 saturated heterocycles. The van der Waals surface area contributed by atoms with Gasteiger partial charge in [0.25, 0.3) is 0 Å². The molecule has 0 saturated carbocycles. The minimum Gasteiger partial charge on any atom is -0.456 e. The average molecular weight is 704 g/mol. The largest absolute Gasteiger partial charge is 0.456 e. The van der Waals surface area contributed by atoms with Crippen molar-refractivity contribution in [3.63, 3.8) is 0 Å². The molecule has 0 spiro atoms. The first-order chi connectivity index (χ1) is 27.2. The molecule has 1 aromatic heterocycles. The summed E-state index contributed by atoms with van der Waals surface area (Å²) in [5, 5.41) is 6.18. The van der Waals surface area contributed by atoms with E-state index < -0.39 is 0 Å². The fourth-order valence-electron chi connectivity index (χ4n) is 8.13. The molecule has 10 aromatic rings. The Morgan fingerprint density at radius 3 is 1.75 bits per heavy atom. The van der Waals surface area contributed by atoms with Crippen molar-refractivity contribution in [2.24, 2.45) is 0 Å². The Bertz CT molecular complexity index is 2970. The van der Waals surface area contributed by atoms with Gasteiger partial charge < -0.3 is 9.32 Å². The third-order valence-electron chi connectivity index (χ3n) is 10.9. The van der Waals surface area contributed by atoms with Gasteiger partial charge >= 0.3 is 0 Å². The van der Waals surface area contributed by atoms with Crippen LogP contribution in [0, 0.1) is 6.92 Å². The predicted octanol–water partition coefficient (Wildman–Crippen LogP) is 15.2. The molecule has 0 bridgehead atoms. The molecule has 0 atom stereocenters. The molecular formula is C53H37NO. The highest BCUT2D eigenvalue weighted by Crippen LogP contribution is 2.44. The van der Waals surface area contributed by atoms with Gasteiger partial charge in [-0.15, -0.1) is 0 Å². The number of hydrogen-bond acceptors (Lipinski definition) is 2. The lowest BCUT2D eigenvalue weighted by Gasteiger charge is -2.28. The lowest BCUT2D eigenvalue weighted by molar-refractivity contribution is 0.629. The molecule has 260 valence electrons. The summed E-state index contributed by atoms with van der Waals surface area (Å²) in [4.78, 5) is 2.38. The van der Waals surface area contributed by atoms with Gasteiger partial charge in [0.2, 0.25) is 0 Å². The molecule has 0 aliphatic carbocycles. The molecule has 1 heterocycles. The molecule has 10 rings (SSSR count). The van der Waals surface area contributed by atoms with E-state index in [1.54, 1.807) is 0 Å². The van der Waals surface area contributed by atoms with Gasteiger partial charge in [0, 0.05) is 33.5 Å². The molecule has 2 nitrogen and oxygen atoms in total. The average Bonchev–Trinajstić information content (AvgIpc) is 3.60. The highest BCUT2D eigenvalue weighted by molar-refractivity contribution is 6.13. The number of fused-ring (bicyclic) bond motifs is 4. The highest BCUT2D eigenvalue weighted by atomic mass is 16.3. The Balaban J connectivity index is 1.12. The fraction of sp³-hybridized carbons (Fsp3) is 0.0189. The van der Waals surface area contributed by atoms with E-state index in [-0.39, 0.29) is 0 Å². The van der Waals surface area contributed by atoms with Gasteiger partial charge in [-0.2, -0.15) is 0 Å². The number of furan rings is 1. The summed E-state index contributed by atoms with van der Waals surface area (Å²) in [6.45, 7) is 2.15. The minimum absolute atomic E-state index is 0.895. The quantitative estimate of drug-likeness (QED) is 0.154. The standard InChI is InChI=1S/C53H37NO/c1-36-45-19-10-12-25-52(45)55-53(36)42-17-13-18-44(34-42)54(51-24-11-9-21-47(51)39-28-26-38(27-29-39)37-14-3-2-4-15-37)43-32-30-40(31-33-43)50-35-41-16-5-6-20-46(41)48-22-7-8-23-49(48)50/h2-35H,1H3. The molecule has 0 unspecified atom stereocenters. The molecule has 9 aromatic carbocycles. The number of benzene rings is 9. The van der Waals surface area contributed by atoms with E-state index in [0.29, 0.717) is 0 Å². The van der Waals surface area contributed by atoms with E-state index in [9.17, 15) is 0 Å². The van der Waals surface area contributed by atoms with Gasteiger partial charge in [0.05, 0.1) is 5.69 Å². The second-order valence-electron chi connectivity index (χ2n) is 14.1. The van der Waals surface area contributed by atoms with E-state index in [4.69, 9.17) is 4.42 Å². The number of nitrogens with zero attached hydrogens (tertiary/aromatic N) is 1. The van der Waals surface area contributed by atoms with Crippen LogP contribution in [0.3, 0.4) is 0 Å². The maximum Gasteiger partial charge on any atom is 0.138 e. The van der Waals surface area contributed by atoms with Gasteiger partial charge in [-0.25, -0.2) is 0 Å². The van der Waals surface area contributed by atoms with Gasteiger partial charge in [0.1, 0.15) is 11.3 Å². The minimum atomic E-state index is 0.895. The lowest BCUT2D eigenvalue weighted by atomic mass is 9.93. The number of anilines is 3. The van der Waals surface area contributed by atoms with Crippen molar-refractivity contribution in [3.8, 4) is 44.7 Å². The summed E-state index contributed by atoms with van der Waals surface area (Å²) in [7, 11) is 0. The van der Waals surface area contributed by atoms with Crippen molar-refractivity contribution < 1.29 is 4.42 Å². The van der Waals surface area contributed by atoms with Crippen molar-refractivity contribution in [2.75, 3.05) is 4.90 Å². The number of para-hydroxylation sites is 2. The zero-order chi connectivity index (χ0) is 36.7. The number of rotatable bonds is 7. The molecular weight excluding hydrogens is 667 g/mol. The Labute approximate surface area is 321 Å². The summed E-state index contributed by atoms with van der Waals surface area (Å²) < 4.78 is 6.48. The molecule has 0 radical (unpaired) electrons. The van der Waals surface area contributed by atoms with Crippen molar-refractivity contribution in [1.82, 2.24) is 0 Å². The highest BCUT2D eigenvalue weighted by Gasteiger charge is 2.20. The summed E-state index contributed by atoms with van der Waals surface area (Å²) >= 11 is 0. The summed E-state index contributed by atoms with van der Waals surface area (Å²) in [6.07, 6.45) is 0. The smallest absolute Gasteiger partial charge is 0.138 e. The molecule has 0 amide bonds. The topological polar surface area (TPSA) is 16.4 Å². The summed E-state index contributed by atoms with van der Waals surface area (Å²) in [5.74, 6) is 0.895. The van der Waals surface area contributed by atoms with Gasteiger partial charge in [-0.05, 0) is 98.8 Å². The fourth-order valence-corrected chi connectivity index (χ4v) is 8.13. The Morgan fingerprint density at radius 1 is 0.364 bits per heavy atom. The van der Waals surface area contributed by atoms with Crippen LogP contribution in [0.25, 0.3) is 77.2 Å². The van der Waals surface area contributed by atoms with Crippen LogP contribution in [0.5, 0.6) is 0 Å².